The number of aromatic amines is 1. The van der Waals surface area contributed by atoms with E-state index in [4.69, 9.17) is 0 Å². The number of nitrogens with zero attached hydrogens (tertiary/aromatic N) is 2. The molecule has 1 aliphatic heterocycles. The van der Waals surface area contributed by atoms with Gasteiger partial charge in [0, 0.05) is 12.2 Å². The Balaban J connectivity index is 1.88. The number of sulfonamides is 1. The van der Waals surface area contributed by atoms with Crippen LogP contribution < -0.4 is 0 Å². The van der Waals surface area contributed by atoms with Gasteiger partial charge in [-0.1, -0.05) is 25.7 Å². The first-order chi connectivity index (χ1) is 10.5. The minimum Gasteiger partial charge on any atom is -0.345 e. The number of hydrogen-bond donors (Lipinski definition) is 1. The molecule has 2 fully saturated rings. The molecule has 0 radical (unpaired) electrons. The number of nitrogens with one attached hydrogen (secondary N) is 1. The molecule has 2 aliphatic rings. The summed E-state index contributed by atoms with van der Waals surface area (Å²) in [5.74, 6) is 0.828. The van der Waals surface area contributed by atoms with Crippen LogP contribution in [0.2, 0.25) is 0 Å². The van der Waals surface area contributed by atoms with Crippen LogP contribution in [0.5, 0.6) is 0 Å². The minimum absolute atomic E-state index is 0.104. The zero-order valence-corrected chi connectivity index (χ0v) is 14.5. The molecule has 0 amide bonds. The monoisotopic (exact) mass is 325 g/mol. The summed E-state index contributed by atoms with van der Waals surface area (Å²) in [6.45, 7) is 4.61. The molecule has 124 valence electrons. The topological polar surface area (TPSA) is 66.1 Å². The van der Waals surface area contributed by atoms with Crippen LogP contribution in [0, 0.1) is 13.8 Å². The standard InChI is InChI=1S/C16H27N3O2S/c1-12-13(2)18-16(17-12)15-10-6-7-11-19(15)22(20,21)14-8-4-3-5-9-14/h14-15H,3-11H2,1-2H3,(H,17,18)/t15-/m0/s1. The van der Waals surface area contributed by atoms with Crippen molar-refractivity contribution in [2.24, 2.45) is 0 Å². The molecule has 1 N–H and O–H groups in total. The third kappa shape index (κ3) is 2.95. The largest absolute Gasteiger partial charge is 0.345 e. The summed E-state index contributed by atoms with van der Waals surface area (Å²) in [7, 11) is -3.21. The summed E-state index contributed by atoms with van der Waals surface area (Å²) in [6.07, 6.45) is 7.80. The predicted octanol–water partition coefficient (Wildman–Crippen LogP) is 3.22. The second-order valence-corrected chi connectivity index (χ2v) is 8.93. The zero-order chi connectivity index (χ0) is 15.7. The Kier molecular flexibility index (Phi) is 4.59. The van der Waals surface area contributed by atoms with Crippen molar-refractivity contribution in [2.45, 2.75) is 76.5 Å². The average molecular weight is 325 g/mol. The molecule has 5 nitrogen and oxygen atoms in total. The Hall–Kier alpha value is -0.880. The van der Waals surface area contributed by atoms with Crippen molar-refractivity contribution in [3.8, 4) is 0 Å². The van der Waals surface area contributed by atoms with E-state index in [9.17, 15) is 8.42 Å². The Morgan fingerprint density at radius 3 is 2.36 bits per heavy atom. The van der Waals surface area contributed by atoms with Crippen LogP contribution in [0.25, 0.3) is 0 Å². The first-order valence-electron chi connectivity index (χ1n) is 8.54. The number of hydrogen-bond acceptors (Lipinski definition) is 3. The summed E-state index contributed by atoms with van der Waals surface area (Å²) >= 11 is 0. The molecular formula is C16H27N3O2S. The maximum Gasteiger partial charge on any atom is 0.217 e. The van der Waals surface area contributed by atoms with Gasteiger partial charge in [-0.25, -0.2) is 13.4 Å². The fourth-order valence-electron chi connectivity index (χ4n) is 3.77. The number of rotatable bonds is 3. The molecular weight excluding hydrogens is 298 g/mol. The molecule has 1 atom stereocenters. The van der Waals surface area contributed by atoms with E-state index in [1.54, 1.807) is 4.31 Å². The van der Waals surface area contributed by atoms with Crippen LogP contribution in [-0.2, 0) is 10.0 Å². The first-order valence-corrected chi connectivity index (χ1v) is 10.0. The third-order valence-corrected chi connectivity index (χ3v) is 7.62. The molecule has 2 heterocycles. The minimum atomic E-state index is -3.21. The summed E-state index contributed by atoms with van der Waals surface area (Å²) in [5, 5.41) is -0.181. The SMILES string of the molecule is Cc1nc([C@@H]2CCCCN2S(=O)(=O)C2CCCCC2)[nH]c1C. The van der Waals surface area contributed by atoms with Crippen LogP contribution in [0.15, 0.2) is 0 Å². The Bertz CT molecular complexity index is 598. The van der Waals surface area contributed by atoms with Gasteiger partial charge in [-0.05, 0) is 39.5 Å². The molecule has 1 aromatic heterocycles. The van der Waals surface area contributed by atoms with E-state index < -0.39 is 10.0 Å². The second-order valence-electron chi connectivity index (χ2n) is 6.76. The Morgan fingerprint density at radius 2 is 1.73 bits per heavy atom. The lowest BCUT2D eigenvalue weighted by atomic mass is 10.0. The van der Waals surface area contributed by atoms with Gasteiger partial charge < -0.3 is 4.98 Å². The average Bonchev–Trinajstić information content (AvgIpc) is 2.87. The van der Waals surface area contributed by atoms with Gasteiger partial charge in [-0.3, -0.25) is 0 Å². The van der Waals surface area contributed by atoms with Gasteiger partial charge >= 0.3 is 0 Å². The van der Waals surface area contributed by atoms with E-state index in [1.807, 2.05) is 13.8 Å². The lowest BCUT2D eigenvalue weighted by Crippen LogP contribution is -2.44. The second kappa shape index (κ2) is 6.32. The van der Waals surface area contributed by atoms with Crippen molar-refractivity contribution in [2.75, 3.05) is 6.54 Å². The van der Waals surface area contributed by atoms with Gasteiger partial charge in [-0.2, -0.15) is 4.31 Å². The van der Waals surface area contributed by atoms with Gasteiger partial charge in [0.2, 0.25) is 10.0 Å². The normalized spacial score (nSPS) is 25.5. The number of piperidine rings is 1. The summed E-state index contributed by atoms with van der Waals surface area (Å²) in [5.41, 5.74) is 2.01. The summed E-state index contributed by atoms with van der Waals surface area (Å²) in [6, 6.07) is -0.104. The smallest absolute Gasteiger partial charge is 0.217 e. The van der Waals surface area contributed by atoms with E-state index in [0.29, 0.717) is 6.54 Å². The van der Waals surface area contributed by atoms with Crippen molar-refractivity contribution >= 4 is 10.0 Å². The lowest BCUT2D eigenvalue weighted by molar-refractivity contribution is 0.242. The predicted molar refractivity (Wildman–Crippen MR) is 87.2 cm³/mol. The van der Waals surface area contributed by atoms with Crippen LogP contribution in [0.1, 0.15) is 74.6 Å². The van der Waals surface area contributed by atoms with E-state index in [0.717, 1.165) is 62.2 Å². The van der Waals surface area contributed by atoms with Crippen LogP contribution >= 0.6 is 0 Å². The molecule has 1 aliphatic carbocycles. The number of aryl methyl sites for hydroxylation is 2. The number of imidazole rings is 1. The molecule has 3 rings (SSSR count). The fraction of sp³-hybridized carbons (Fsp3) is 0.812. The van der Waals surface area contributed by atoms with E-state index in [1.165, 1.54) is 6.42 Å². The highest BCUT2D eigenvalue weighted by Crippen LogP contribution is 2.36. The van der Waals surface area contributed by atoms with Gasteiger partial charge in [0.1, 0.15) is 5.82 Å². The lowest BCUT2D eigenvalue weighted by Gasteiger charge is -2.37. The molecule has 1 aromatic rings. The van der Waals surface area contributed by atoms with Crippen molar-refractivity contribution in [3.63, 3.8) is 0 Å². The molecule has 22 heavy (non-hydrogen) atoms. The highest BCUT2D eigenvalue weighted by atomic mass is 32.2. The maximum absolute atomic E-state index is 13.1. The van der Waals surface area contributed by atoms with Crippen molar-refractivity contribution in [1.29, 1.82) is 0 Å². The third-order valence-electron chi connectivity index (χ3n) is 5.22. The highest BCUT2D eigenvalue weighted by molar-refractivity contribution is 7.89. The van der Waals surface area contributed by atoms with Crippen LogP contribution in [0.3, 0.4) is 0 Å². The van der Waals surface area contributed by atoms with Gasteiger partial charge in [-0.15, -0.1) is 0 Å². The van der Waals surface area contributed by atoms with Crippen LogP contribution in [0.4, 0.5) is 0 Å². The van der Waals surface area contributed by atoms with Gasteiger partial charge in [0.25, 0.3) is 0 Å². The van der Waals surface area contributed by atoms with Crippen molar-refractivity contribution < 1.29 is 8.42 Å². The van der Waals surface area contributed by atoms with Gasteiger partial charge in [0.15, 0.2) is 0 Å². The Labute approximate surface area is 133 Å². The van der Waals surface area contributed by atoms with E-state index >= 15 is 0 Å². The molecule has 1 saturated carbocycles. The molecule has 1 saturated heterocycles. The summed E-state index contributed by atoms with van der Waals surface area (Å²) < 4.78 is 28.0. The first kappa shape index (κ1) is 16.0. The highest BCUT2D eigenvalue weighted by Gasteiger charge is 2.39. The van der Waals surface area contributed by atoms with E-state index in [-0.39, 0.29) is 11.3 Å². The van der Waals surface area contributed by atoms with Crippen LogP contribution in [-0.4, -0.2) is 34.5 Å². The molecule has 0 spiro atoms. The zero-order valence-electron chi connectivity index (χ0n) is 13.6. The maximum atomic E-state index is 13.1. The van der Waals surface area contributed by atoms with Crippen molar-refractivity contribution in [1.82, 2.24) is 14.3 Å². The number of aromatic nitrogens is 2. The fourth-order valence-corrected chi connectivity index (χ4v) is 6.03. The van der Waals surface area contributed by atoms with Gasteiger partial charge in [0.05, 0.1) is 17.0 Å². The summed E-state index contributed by atoms with van der Waals surface area (Å²) in [4.78, 5) is 7.88. The molecule has 0 aromatic carbocycles. The molecule has 0 bridgehead atoms. The van der Waals surface area contributed by atoms with E-state index in [2.05, 4.69) is 9.97 Å². The quantitative estimate of drug-likeness (QED) is 0.928. The molecule has 0 unspecified atom stereocenters. The van der Waals surface area contributed by atoms with Crippen molar-refractivity contribution in [3.05, 3.63) is 17.2 Å². The molecule has 6 heteroatoms. The number of H-pyrrole nitrogens is 1. The Morgan fingerprint density at radius 1 is 1.05 bits per heavy atom.